The van der Waals surface area contributed by atoms with E-state index < -0.39 is 5.97 Å². The Morgan fingerprint density at radius 2 is 1.80 bits per heavy atom. The van der Waals surface area contributed by atoms with Gasteiger partial charge >= 0.3 is 5.97 Å². The third-order valence-corrected chi connectivity index (χ3v) is 2.63. The van der Waals surface area contributed by atoms with E-state index in [-0.39, 0.29) is 23.7 Å². The predicted octanol–water partition coefficient (Wildman–Crippen LogP) is 1.78. The van der Waals surface area contributed by atoms with Crippen molar-refractivity contribution >= 4 is 18.4 Å². The van der Waals surface area contributed by atoms with E-state index in [1.165, 1.54) is 0 Å². The molecule has 2 nitrogen and oxygen atoms in total. The molecule has 1 rings (SSSR count). The van der Waals surface area contributed by atoms with Gasteiger partial charge in [0.05, 0.1) is 5.92 Å². The first-order valence-corrected chi connectivity index (χ1v) is 3.20. The monoisotopic (exact) mass is 164 g/mol. The van der Waals surface area contributed by atoms with Crippen LogP contribution in [0.15, 0.2) is 0 Å². The molecule has 1 aliphatic carbocycles. The van der Waals surface area contributed by atoms with E-state index in [1.807, 2.05) is 20.8 Å². The number of hydrogen-bond acceptors (Lipinski definition) is 1. The van der Waals surface area contributed by atoms with E-state index in [1.54, 1.807) is 0 Å². The average molecular weight is 165 g/mol. The molecule has 60 valence electrons. The molecule has 0 aromatic heterocycles. The summed E-state index contributed by atoms with van der Waals surface area (Å²) >= 11 is 0. The molecule has 0 unspecified atom stereocenters. The zero-order chi connectivity index (χ0) is 7.23. The summed E-state index contributed by atoms with van der Waals surface area (Å²) in [5.74, 6) is -0.389. The Bertz CT molecular complexity index is 154. The summed E-state index contributed by atoms with van der Waals surface area (Å²) < 4.78 is 0. The molecular weight excluding hydrogens is 152 g/mol. The van der Waals surface area contributed by atoms with Gasteiger partial charge in [-0.1, -0.05) is 20.8 Å². The van der Waals surface area contributed by atoms with Gasteiger partial charge in [0.2, 0.25) is 0 Å². The predicted molar refractivity (Wildman–Crippen MR) is 41.3 cm³/mol. The molecule has 1 saturated carbocycles. The zero-order valence-corrected chi connectivity index (χ0v) is 7.23. The second-order valence-electron chi connectivity index (χ2n) is 3.43. The first-order chi connectivity index (χ1) is 3.98. The lowest BCUT2D eigenvalue weighted by molar-refractivity contribution is -0.139. The van der Waals surface area contributed by atoms with Crippen molar-refractivity contribution in [1.82, 2.24) is 0 Å². The van der Waals surface area contributed by atoms with Gasteiger partial charge in [-0.15, -0.1) is 12.4 Å². The fourth-order valence-electron chi connectivity index (χ4n) is 1.43. The van der Waals surface area contributed by atoms with E-state index in [9.17, 15) is 4.79 Å². The summed E-state index contributed by atoms with van der Waals surface area (Å²) in [5.41, 5.74) is 0.0475. The molecule has 0 amide bonds. The highest BCUT2D eigenvalue weighted by Crippen LogP contribution is 2.57. The first kappa shape index (κ1) is 9.76. The van der Waals surface area contributed by atoms with Crippen LogP contribution in [0, 0.1) is 17.3 Å². The molecular formula is C7H13ClO2. The number of carboxylic acid groups (broad SMARTS) is 1. The Balaban J connectivity index is 0.000000810. The van der Waals surface area contributed by atoms with E-state index in [2.05, 4.69) is 0 Å². The maximum absolute atomic E-state index is 10.4. The number of hydrogen-bond donors (Lipinski definition) is 1. The van der Waals surface area contributed by atoms with Gasteiger partial charge in [0.1, 0.15) is 0 Å². The number of rotatable bonds is 1. The fourth-order valence-corrected chi connectivity index (χ4v) is 1.43. The second-order valence-corrected chi connectivity index (χ2v) is 3.43. The van der Waals surface area contributed by atoms with Crippen LogP contribution in [-0.2, 0) is 4.79 Å². The van der Waals surface area contributed by atoms with Gasteiger partial charge in [0.15, 0.2) is 0 Å². The van der Waals surface area contributed by atoms with Crippen LogP contribution < -0.4 is 0 Å². The topological polar surface area (TPSA) is 37.3 Å². The summed E-state index contributed by atoms with van der Waals surface area (Å²) in [6.45, 7) is 5.98. The average Bonchev–Trinajstić information content (AvgIpc) is 2.07. The molecule has 0 spiro atoms. The normalized spacial score (nSPS) is 34.3. The van der Waals surface area contributed by atoms with Crippen LogP contribution in [0.5, 0.6) is 0 Å². The smallest absolute Gasteiger partial charge is 0.307 e. The van der Waals surface area contributed by atoms with E-state index in [0.717, 1.165) is 0 Å². The van der Waals surface area contributed by atoms with Crippen molar-refractivity contribution in [2.75, 3.05) is 0 Å². The summed E-state index contributed by atoms with van der Waals surface area (Å²) in [7, 11) is 0. The molecule has 0 aromatic rings. The number of carbonyl (C=O) groups is 1. The minimum Gasteiger partial charge on any atom is -0.481 e. The number of halogens is 1. The summed E-state index contributed by atoms with van der Waals surface area (Å²) in [5, 5.41) is 8.56. The van der Waals surface area contributed by atoms with Crippen LogP contribution in [0.4, 0.5) is 0 Å². The van der Waals surface area contributed by atoms with Crippen LogP contribution in [0.1, 0.15) is 20.8 Å². The largest absolute Gasteiger partial charge is 0.481 e. The van der Waals surface area contributed by atoms with Crippen LogP contribution in [0.25, 0.3) is 0 Å². The maximum Gasteiger partial charge on any atom is 0.307 e. The van der Waals surface area contributed by atoms with Crippen LogP contribution >= 0.6 is 12.4 Å². The maximum atomic E-state index is 10.4. The van der Waals surface area contributed by atoms with Crippen molar-refractivity contribution in [3.8, 4) is 0 Å². The fraction of sp³-hybridized carbons (Fsp3) is 0.857. The molecule has 1 fully saturated rings. The van der Waals surface area contributed by atoms with Gasteiger partial charge in [-0.3, -0.25) is 4.79 Å². The van der Waals surface area contributed by atoms with Gasteiger partial charge < -0.3 is 5.11 Å². The van der Waals surface area contributed by atoms with Crippen LogP contribution in [-0.4, -0.2) is 11.1 Å². The Labute approximate surface area is 67.0 Å². The lowest BCUT2D eigenvalue weighted by Gasteiger charge is -1.95. The van der Waals surface area contributed by atoms with Crippen molar-refractivity contribution in [1.29, 1.82) is 0 Å². The number of aliphatic carboxylic acids is 1. The molecule has 0 radical (unpaired) electrons. The van der Waals surface area contributed by atoms with Gasteiger partial charge in [0.25, 0.3) is 0 Å². The molecule has 0 heterocycles. The highest BCUT2D eigenvalue weighted by Gasteiger charge is 2.59. The molecule has 0 aliphatic heterocycles. The van der Waals surface area contributed by atoms with Gasteiger partial charge in [0, 0.05) is 0 Å². The van der Waals surface area contributed by atoms with Gasteiger partial charge in [-0.05, 0) is 11.3 Å². The Kier molecular flexibility index (Phi) is 2.36. The number of carboxylic acids is 1. The first-order valence-electron chi connectivity index (χ1n) is 3.20. The molecule has 2 atom stereocenters. The van der Waals surface area contributed by atoms with Crippen molar-refractivity contribution in [3.63, 3.8) is 0 Å². The van der Waals surface area contributed by atoms with E-state index in [0.29, 0.717) is 5.92 Å². The van der Waals surface area contributed by atoms with Crippen molar-refractivity contribution in [2.24, 2.45) is 17.3 Å². The molecule has 0 aromatic carbocycles. The third-order valence-electron chi connectivity index (χ3n) is 2.63. The Morgan fingerprint density at radius 3 is 1.80 bits per heavy atom. The molecule has 0 saturated heterocycles. The third kappa shape index (κ3) is 1.12. The lowest BCUT2D eigenvalue weighted by atomic mass is 10.1. The summed E-state index contributed by atoms with van der Waals surface area (Å²) in [6, 6.07) is 0. The van der Waals surface area contributed by atoms with E-state index in [4.69, 9.17) is 5.11 Å². The SMILES string of the molecule is C[C@@H]1[C@@H](C(=O)O)C1(C)C.Cl. The van der Waals surface area contributed by atoms with E-state index >= 15 is 0 Å². The standard InChI is InChI=1S/C7H12O2.ClH/c1-4-5(6(8)9)7(4,2)3;/h4-5H,1-3H3,(H,8,9);1H/t4-,5+;/m1./s1. The molecule has 10 heavy (non-hydrogen) atoms. The highest BCUT2D eigenvalue weighted by atomic mass is 35.5. The van der Waals surface area contributed by atoms with Crippen LogP contribution in [0.3, 0.4) is 0 Å². The Hall–Kier alpha value is -0.240. The van der Waals surface area contributed by atoms with Gasteiger partial charge in [-0.25, -0.2) is 0 Å². The summed E-state index contributed by atoms with van der Waals surface area (Å²) in [4.78, 5) is 10.4. The second kappa shape index (κ2) is 2.42. The molecule has 3 heteroatoms. The Morgan fingerprint density at radius 1 is 1.50 bits per heavy atom. The van der Waals surface area contributed by atoms with Crippen LogP contribution in [0.2, 0.25) is 0 Å². The molecule has 1 N–H and O–H groups in total. The van der Waals surface area contributed by atoms with Crippen molar-refractivity contribution in [3.05, 3.63) is 0 Å². The van der Waals surface area contributed by atoms with Crippen molar-refractivity contribution in [2.45, 2.75) is 20.8 Å². The highest BCUT2D eigenvalue weighted by molar-refractivity contribution is 5.85. The van der Waals surface area contributed by atoms with Gasteiger partial charge in [-0.2, -0.15) is 0 Å². The minimum atomic E-state index is -0.646. The zero-order valence-electron chi connectivity index (χ0n) is 6.42. The molecule has 1 aliphatic rings. The lowest BCUT2D eigenvalue weighted by Crippen LogP contribution is -2.02. The quantitative estimate of drug-likeness (QED) is 0.642. The summed E-state index contributed by atoms with van der Waals surface area (Å²) in [6.07, 6.45) is 0. The molecule has 0 bridgehead atoms. The van der Waals surface area contributed by atoms with Crippen molar-refractivity contribution < 1.29 is 9.90 Å². The minimum absolute atomic E-state index is 0.